The number of amides is 1. The normalized spacial score (nSPS) is 14.3. The van der Waals surface area contributed by atoms with Crippen LogP contribution in [0.5, 0.6) is 0 Å². The maximum Gasteiger partial charge on any atom is 0.254 e. The van der Waals surface area contributed by atoms with E-state index in [4.69, 9.17) is 5.73 Å². The minimum Gasteiger partial charge on any atom is -0.390 e. The van der Waals surface area contributed by atoms with Gasteiger partial charge in [-0.1, -0.05) is 12.5 Å². The van der Waals surface area contributed by atoms with Crippen molar-refractivity contribution in [3.63, 3.8) is 0 Å². The molecule has 1 amide bonds. The van der Waals surface area contributed by atoms with Gasteiger partial charge < -0.3 is 11.1 Å². The van der Waals surface area contributed by atoms with E-state index in [2.05, 4.69) is 10.3 Å². The van der Waals surface area contributed by atoms with Crippen LogP contribution in [-0.4, -0.2) is 10.9 Å². The van der Waals surface area contributed by atoms with Crippen molar-refractivity contribution in [1.29, 1.82) is 0 Å². The van der Waals surface area contributed by atoms with Crippen molar-refractivity contribution < 1.29 is 4.79 Å². The molecule has 0 fully saturated rings. The maximum atomic E-state index is 12.5. The van der Waals surface area contributed by atoms with E-state index in [9.17, 15) is 4.79 Å². The molecule has 0 saturated carbocycles. The summed E-state index contributed by atoms with van der Waals surface area (Å²) < 4.78 is 0. The molecule has 5 heteroatoms. The Bertz CT molecular complexity index is 636. The van der Waals surface area contributed by atoms with Crippen LogP contribution in [0.3, 0.4) is 0 Å². The number of hydrogen-bond acceptors (Lipinski definition) is 4. The molecule has 4 nitrogen and oxygen atoms in total. The van der Waals surface area contributed by atoms with Crippen molar-refractivity contribution in [3.8, 4) is 0 Å². The number of hydrogen-bond donors (Lipinski definition) is 2. The topological polar surface area (TPSA) is 68.0 Å². The number of nitrogens with one attached hydrogen (secondary N) is 1. The van der Waals surface area contributed by atoms with Gasteiger partial charge in [-0.3, -0.25) is 9.78 Å². The molecule has 21 heavy (non-hydrogen) atoms. The second-order valence-electron chi connectivity index (χ2n) is 5.31. The van der Waals surface area contributed by atoms with Gasteiger partial charge in [-0.05, 0) is 43.4 Å². The monoisotopic (exact) mass is 301 g/mol. The minimum absolute atomic E-state index is 0.0717. The lowest BCUT2D eigenvalue weighted by Gasteiger charge is -2.07. The van der Waals surface area contributed by atoms with E-state index in [1.165, 1.54) is 23.3 Å². The first-order valence-corrected chi connectivity index (χ1v) is 8.15. The summed E-state index contributed by atoms with van der Waals surface area (Å²) in [5, 5.41) is 3.59. The summed E-state index contributed by atoms with van der Waals surface area (Å²) in [4.78, 5) is 18.0. The number of fused-ring (bicyclic) bond motifs is 1. The number of rotatable bonds is 3. The zero-order valence-electron chi connectivity index (χ0n) is 11.9. The first-order valence-electron chi connectivity index (χ1n) is 7.34. The fourth-order valence-corrected chi connectivity index (χ4v) is 3.93. The molecule has 3 rings (SSSR count). The number of nitrogens with two attached hydrogens (primary N) is 1. The van der Waals surface area contributed by atoms with Crippen LogP contribution in [-0.2, 0) is 19.4 Å². The van der Waals surface area contributed by atoms with Crippen molar-refractivity contribution in [2.75, 3.05) is 5.73 Å². The van der Waals surface area contributed by atoms with Crippen LogP contribution in [0, 0.1) is 0 Å². The number of anilines is 1. The van der Waals surface area contributed by atoms with Crippen LogP contribution >= 0.6 is 11.3 Å². The molecule has 0 spiro atoms. The summed E-state index contributed by atoms with van der Waals surface area (Å²) in [5.74, 6) is -0.0717. The molecule has 1 aliphatic rings. The van der Waals surface area contributed by atoms with Gasteiger partial charge in [-0.15, -0.1) is 11.3 Å². The Hall–Kier alpha value is -1.88. The molecule has 2 aromatic rings. The molecule has 2 aromatic heterocycles. The minimum atomic E-state index is -0.0717. The number of thiophene rings is 1. The van der Waals surface area contributed by atoms with Gasteiger partial charge in [0.25, 0.3) is 5.91 Å². The Morgan fingerprint density at radius 1 is 1.29 bits per heavy atom. The molecular weight excluding hydrogens is 282 g/mol. The summed E-state index contributed by atoms with van der Waals surface area (Å²) in [5.41, 5.74) is 8.81. The number of pyridine rings is 1. The summed E-state index contributed by atoms with van der Waals surface area (Å²) >= 11 is 1.58. The molecule has 110 valence electrons. The van der Waals surface area contributed by atoms with Crippen molar-refractivity contribution in [2.24, 2.45) is 0 Å². The van der Waals surface area contributed by atoms with E-state index in [-0.39, 0.29) is 5.91 Å². The van der Waals surface area contributed by atoms with Crippen molar-refractivity contribution >= 4 is 22.2 Å². The highest BCUT2D eigenvalue weighted by atomic mass is 32.1. The Morgan fingerprint density at radius 3 is 2.95 bits per heavy atom. The van der Waals surface area contributed by atoms with Crippen molar-refractivity contribution in [2.45, 2.75) is 38.6 Å². The number of aryl methyl sites for hydroxylation is 1. The smallest absolute Gasteiger partial charge is 0.254 e. The molecule has 0 unspecified atom stereocenters. The van der Waals surface area contributed by atoms with Gasteiger partial charge in [0.1, 0.15) is 0 Å². The van der Waals surface area contributed by atoms with Gasteiger partial charge in [-0.2, -0.15) is 0 Å². The van der Waals surface area contributed by atoms with E-state index < -0.39 is 0 Å². The lowest BCUT2D eigenvalue weighted by molar-refractivity contribution is 0.0950. The zero-order chi connectivity index (χ0) is 14.7. The van der Waals surface area contributed by atoms with Crippen molar-refractivity contribution in [3.05, 3.63) is 46.1 Å². The first kappa shape index (κ1) is 14.1. The molecule has 3 N–H and O–H groups in total. The summed E-state index contributed by atoms with van der Waals surface area (Å²) in [6.45, 7) is 0.434. The van der Waals surface area contributed by atoms with Crippen LogP contribution in [0.25, 0.3) is 0 Å². The third-order valence-electron chi connectivity index (χ3n) is 3.83. The van der Waals surface area contributed by atoms with Gasteiger partial charge in [0, 0.05) is 11.1 Å². The Labute approximate surface area is 128 Å². The quantitative estimate of drug-likeness (QED) is 0.857. The van der Waals surface area contributed by atoms with Crippen LogP contribution in [0.4, 0.5) is 5.00 Å². The molecule has 0 bridgehead atoms. The molecule has 0 aliphatic heterocycles. The van der Waals surface area contributed by atoms with E-state index in [0.717, 1.165) is 25.0 Å². The van der Waals surface area contributed by atoms with Crippen LogP contribution < -0.4 is 11.1 Å². The molecule has 0 radical (unpaired) electrons. The van der Waals surface area contributed by atoms with E-state index in [1.54, 1.807) is 17.5 Å². The van der Waals surface area contributed by atoms with E-state index >= 15 is 0 Å². The highest BCUT2D eigenvalue weighted by Gasteiger charge is 2.23. The van der Waals surface area contributed by atoms with E-state index in [0.29, 0.717) is 17.1 Å². The molecule has 0 saturated heterocycles. The van der Waals surface area contributed by atoms with Crippen LogP contribution in [0.15, 0.2) is 24.4 Å². The van der Waals surface area contributed by atoms with Gasteiger partial charge in [0.05, 0.1) is 22.8 Å². The van der Waals surface area contributed by atoms with Gasteiger partial charge >= 0.3 is 0 Å². The predicted octanol–water partition coefficient (Wildman–Crippen LogP) is 2.92. The number of nitrogen functional groups attached to an aromatic ring is 1. The Morgan fingerprint density at radius 2 is 2.14 bits per heavy atom. The predicted molar refractivity (Wildman–Crippen MR) is 85.4 cm³/mol. The first-order chi connectivity index (χ1) is 10.3. The van der Waals surface area contributed by atoms with Crippen LogP contribution in [0.1, 0.15) is 45.8 Å². The second-order valence-corrected chi connectivity index (χ2v) is 6.44. The summed E-state index contributed by atoms with van der Waals surface area (Å²) in [6.07, 6.45) is 7.32. The van der Waals surface area contributed by atoms with Gasteiger partial charge in [-0.25, -0.2) is 0 Å². The molecule has 0 aromatic carbocycles. The number of nitrogens with zero attached hydrogens (tertiary/aromatic N) is 1. The molecule has 0 atom stereocenters. The number of carbonyl (C=O) groups excluding carboxylic acids is 1. The fraction of sp³-hybridized carbons (Fsp3) is 0.375. The SMILES string of the molecule is Nc1sc2c(c1C(=O)NCc1ccccn1)CCCCC2. The lowest BCUT2D eigenvalue weighted by Crippen LogP contribution is -2.24. The second kappa shape index (κ2) is 6.26. The standard InChI is InChI=1S/C16H19N3OS/c17-15-14(12-7-2-1-3-8-13(12)21-15)16(20)19-10-11-6-4-5-9-18-11/h4-6,9H,1-3,7-8,10,17H2,(H,19,20). The van der Waals surface area contributed by atoms with E-state index in [1.807, 2.05) is 18.2 Å². The number of carbonyl (C=O) groups is 1. The number of aromatic nitrogens is 1. The fourth-order valence-electron chi connectivity index (χ4n) is 2.77. The maximum absolute atomic E-state index is 12.5. The third kappa shape index (κ3) is 3.08. The highest BCUT2D eigenvalue weighted by Crippen LogP contribution is 2.35. The lowest BCUT2D eigenvalue weighted by atomic mass is 10.1. The third-order valence-corrected chi connectivity index (χ3v) is 4.95. The van der Waals surface area contributed by atoms with Crippen molar-refractivity contribution in [1.82, 2.24) is 10.3 Å². The molecular formula is C16H19N3OS. The largest absolute Gasteiger partial charge is 0.390 e. The average molecular weight is 301 g/mol. The molecule has 1 aliphatic carbocycles. The zero-order valence-corrected chi connectivity index (χ0v) is 12.7. The Balaban J connectivity index is 1.77. The molecule has 2 heterocycles. The van der Waals surface area contributed by atoms with Gasteiger partial charge in [0.2, 0.25) is 0 Å². The summed E-state index contributed by atoms with van der Waals surface area (Å²) in [6, 6.07) is 5.68. The average Bonchev–Trinajstić information content (AvgIpc) is 2.67. The highest BCUT2D eigenvalue weighted by molar-refractivity contribution is 7.16. The van der Waals surface area contributed by atoms with Crippen LogP contribution in [0.2, 0.25) is 0 Å². The van der Waals surface area contributed by atoms with Gasteiger partial charge in [0.15, 0.2) is 0 Å². The summed E-state index contributed by atoms with van der Waals surface area (Å²) in [7, 11) is 0. The Kier molecular flexibility index (Phi) is 4.20.